The number of amides is 1. The fraction of sp³-hybridized carbons (Fsp3) is 0.611. The molecule has 2 N–H and O–H groups in total. The van der Waals surface area contributed by atoms with Gasteiger partial charge in [-0.1, -0.05) is 19.9 Å². The quantitative estimate of drug-likeness (QED) is 0.883. The number of carbonyl (C=O) groups is 2. The third kappa shape index (κ3) is 3.43. The molecule has 1 aliphatic heterocycles. The van der Waals surface area contributed by atoms with E-state index in [-0.39, 0.29) is 29.4 Å². The van der Waals surface area contributed by atoms with Crippen LogP contribution < -0.4 is 5.32 Å². The average Bonchev–Trinajstić information content (AvgIpc) is 2.52. The number of ether oxygens (including phenoxy) is 1. The number of carboxylic acids is 1. The Morgan fingerprint density at radius 1 is 1.33 bits per heavy atom. The van der Waals surface area contributed by atoms with Crippen LogP contribution in [-0.2, 0) is 9.53 Å². The van der Waals surface area contributed by atoms with Crippen molar-refractivity contribution in [2.24, 2.45) is 5.92 Å². The number of rotatable bonds is 4. The lowest BCUT2D eigenvalue weighted by Gasteiger charge is -2.50. The molecular formula is C18H24N2O4. The smallest absolute Gasteiger partial charge is 0.306 e. The number of aliphatic carboxylic acids is 1. The molecule has 1 atom stereocenters. The minimum absolute atomic E-state index is 0.00509. The van der Waals surface area contributed by atoms with Gasteiger partial charge in [-0.2, -0.15) is 0 Å². The van der Waals surface area contributed by atoms with Crippen LogP contribution in [0.3, 0.4) is 0 Å². The van der Waals surface area contributed by atoms with Crippen molar-refractivity contribution in [3.05, 3.63) is 29.6 Å². The highest BCUT2D eigenvalue weighted by molar-refractivity contribution is 5.92. The van der Waals surface area contributed by atoms with Gasteiger partial charge in [0.05, 0.1) is 11.5 Å². The molecule has 6 nitrogen and oxygen atoms in total. The van der Waals surface area contributed by atoms with Gasteiger partial charge >= 0.3 is 5.97 Å². The van der Waals surface area contributed by atoms with Crippen LogP contribution in [-0.4, -0.2) is 40.2 Å². The number of nitrogens with one attached hydrogen (secondary N) is 1. The maximum absolute atomic E-state index is 12.5. The van der Waals surface area contributed by atoms with Crippen LogP contribution in [0.15, 0.2) is 18.2 Å². The summed E-state index contributed by atoms with van der Waals surface area (Å²) in [5, 5.41) is 12.1. The molecule has 1 aliphatic carbocycles. The summed E-state index contributed by atoms with van der Waals surface area (Å²) in [4.78, 5) is 27.9. The lowest BCUT2D eigenvalue weighted by Crippen LogP contribution is -2.56. The fourth-order valence-electron chi connectivity index (χ4n) is 3.61. The van der Waals surface area contributed by atoms with Crippen molar-refractivity contribution >= 4 is 11.9 Å². The molecule has 0 bridgehead atoms. The van der Waals surface area contributed by atoms with E-state index in [1.165, 1.54) is 0 Å². The van der Waals surface area contributed by atoms with Gasteiger partial charge in [0.1, 0.15) is 5.69 Å². The first kappa shape index (κ1) is 16.9. The largest absolute Gasteiger partial charge is 0.481 e. The van der Waals surface area contributed by atoms with E-state index in [0.717, 1.165) is 12.1 Å². The zero-order valence-corrected chi connectivity index (χ0v) is 14.1. The second kappa shape index (κ2) is 6.51. The normalized spacial score (nSPS) is 29.3. The molecule has 1 aromatic rings. The predicted molar refractivity (Wildman–Crippen MR) is 87.9 cm³/mol. The molecule has 1 spiro atoms. The number of carboxylic acid groups (broad SMARTS) is 1. The van der Waals surface area contributed by atoms with E-state index in [4.69, 9.17) is 9.84 Å². The molecular weight excluding hydrogens is 308 g/mol. The summed E-state index contributed by atoms with van der Waals surface area (Å²) in [7, 11) is 0. The summed E-state index contributed by atoms with van der Waals surface area (Å²) >= 11 is 0. The summed E-state index contributed by atoms with van der Waals surface area (Å²) in [6.07, 6.45) is 2.49. The summed E-state index contributed by atoms with van der Waals surface area (Å²) in [5.41, 5.74) is 0.958. The average molecular weight is 332 g/mol. The topological polar surface area (TPSA) is 88.5 Å². The van der Waals surface area contributed by atoms with Crippen molar-refractivity contribution in [3.8, 4) is 0 Å². The lowest BCUT2D eigenvalue weighted by molar-refractivity contribution is -0.181. The number of hydrogen-bond donors (Lipinski definition) is 2. The standard InChI is InChI=1S/C18H24N2O4/c1-11(2)14-4-3-5-15(20-14)16(21)19-13-6-7-24-18(10-13)8-12(9-18)17(22)23/h3-5,11-13H,6-10H2,1-2H3,(H,19,21)(H,22,23). The molecule has 2 heterocycles. The van der Waals surface area contributed by atoms with Gasteiger partial charge in [0.15, 0.2) is 0 Å². The lowest BCUT2D eigenvalue weighted by atomic mass is 9.66. The molecule has 0 aromatic carbocycles. The van der Waals surface area contributed by atoms with Crippen LogP contribution in [0, 0.1) is 5.92 Å². The third-order valence-corrected chi connectivity index (χ3v) is 5.01. The molecule has 1 amide bonds. The van der Waals surface area contributed by atoms with E-state index in [9.17, 15) is 9.59 Å². The Morgan fingerprint density at radius 3 is 2.75 bits per heavy atom. The minimum atomic E-state index is -0.759. The van der Waals surface area contributed by atoms with E-state index in [0.29, 0.717) is 31.6 Å². The van der Waals surface area contributed by atoms with E-state index in [1.54, 1.807) is 6.07 Å². The molecule has 2 fully saturated rings. The SMILES string of the molecule is CC(C)c1cccc(C(=O)NC2CCOC3(C2)CC(C(=O)O)C3)n1. The van der Waals surface area contributed by atoms with Gasteiger partial charge in [-0.25, -0.2) is 4.98 Å². The number of carbonyl (C=O) groups excluding carboxylic acids is 1. The summed E-state index contributed by atoms with van der Waals surface area (Å²) in [6.45, 7) is 4.64. The highest BCUT2D eigenvalue weighted by atomic mass is 16.5. The molecule has 1 aromatic heterocycles. The van der Waals surface area contributed by atoms with E-state index < -0.39 is 5.97 Å². The van der Waals surface area contributed by atoms with E-state index in [1.807, 2.05) is 26.0 Å². The molecule has 1 saturated heterocycles. The second-order valence-corrected chi connectivity index (χ2v) is 7.24. The third-order valence-electron chi connectivity index (χ3n) is 5.01. The maximum atomic E-state index is 12.5. The Bertz CT molecular complexity index is 638. The highest BCUT2D eigenvalue weighted by Gasteiger charge is 2.51. The Morgan fingerprint density at radius 2 is 2.08 bits per heavy atom. The first-order chi connectivity index (χ1) is 11.4. The highest BCUT2D eigenvalue weighted by Crippen LogP contribution is 2.46. The number of pyridine rings is 1. The first-order valence-corrected chi connectivity index (χ1v) is 8.53. The minimum Gasteiger partial charge on any atom is -0.481 e. The Labute approximate surface area is 141 Å². The zero-order chi connectivity index (χ0) is 17.3. The van der Waals surface area contributed by atoms with Crippen molar-refractivity contribution in [1.82, 2.24) is 10.3 Å². The molecule has 6 heteroatoms. The molecule has 1 unspecified atom stereocenters. The Balaban J connectivity index is 1.61. The summed E-state index contributed by atoms with van der Waals surface area (Å²) in [6, 6.07) is 5.50. The molecule has 3 rings (SSSR count). The van der Waals surface area contributed by atoms with Gasteiger partial charge in [0, 0.05) is 18.3 Å². The number of hydrogen-bond acceptors (Lipinski definition) is 4. The molecule has 0 radical (unpaired) electrons. The van der Waals surface area contributed by atoms with Crippen molar-refractivity contribution < 1.29 is 19.4 Å². The van der Waals surface area contributed by atoms with Gasteiger partial charge < -0.3 is 15.2 Å². The van der Waals surface area contributed by atoms with Crippen molar-refractivity contribution in [2.75, 3.05) is 6.61 Å². The maximum Gasteiger partial charge on any atom is 0.306 e. The number of nitrogens with zero attached hydrogens (tertiary/aromatic N) is 1. The molecule has 130 valence electrons. The first-order valence-electron chi connectivity index (χ1n) is 8.53. The van der Waals surface area contributed by atoms with Gasteiger partial charge in [0.2, 0.25) is 0 Å². The van der Waals surface area contributed by atoms with Crippen LogP contribution in [0.5, 0.6) is 0 Å². The Kier molecular flexibility index (Phi) is 4.58. The van der Waals surface area contributed by atoms with Crippen LogP contribution in [0.4, 0.5) is 0 Å². The molecule has 24 heavy (non-hydrogen) atoms. The fourth-order valence-corrected chi connectivity index (χ4v) is 3.61. The van der Waals surface area contributed by atoms with Gasteiger partial charge in [-0.3, -0.25) is 9.59 Å². The van der Waals surface area contributed by atoms with Crippen LogP contribution in [0.25, 0.3) is 0 Å². The second-order valence-electron chi connectivity index (χ2n) is 7.24. The number of aromatic nitrogens is 1. The molecule has 2 aliphatic rings. The predicted octanol–water partition coefficient (Wildman–Crippen LogP) is 2.35. The Hall–Kier alpha value is -1.95. The van der Waals surface area contributed by atoms with Crippen LogP contribution in [0.2, 0.25) is 0 Å². The molecule has 1 saturated carbocycles. The van der Waals surface area contributed by atoms with Crippen molar-refractivity contribution in [1.29, 1.82) is 0 Å². The van der Waals surface area contributed by atoms with Crippen LogP contribution in [0.1, 0.15) is 61.6 Å². The van der Waals surface area contributed by atoms with Crippen molar-refractivity contribution in [3.63, 3.8) is 0 Å². The summed E-state index contributed by atoms with van der Waals surface area (Å²) in [5.74, 6) is -0.977. The van der Waals surface area contributed by atoms with Gasteiger partial charge in [0.25, 0.3) is 5.91 Å². The van der Waals surface area contributed by atoms with Crippen LogP contribution >= 0.6 is 0 Å². The van der Waals surface area contributed by atoms with Crippen molar-refractivity contribution in [2.45, 2.75) is 57.1 Å². The van der Waals surface area contributed by atoms with Gasteiger partial charge in [-0.15, -0.1) is 0 Å². The van der Waals surface area contributed by atoms with Gasteiger partial charge in [-0.05, 0) is 43.7 Å². The van der Waals surface area contributed by atoms with E-state index >= 15 is 0 Å². The monoisotopic (exact) mass is 332 g/mol. The summed E-state index contributed by atoms with van der Waals surface area (Å²) < 4.78 is 5.82. The van der Waals surface area contributed by atoms with E-state index in [2.05, 4.69) is 10.3 Å². The zero-order valence-electron chi connectivity index (χ0n) is 14.1.